The third-order valence-corrected chi connectivity index (χ3v) is 4.16. The highest BCUT2D eigenvalue weighted by Crippen LogP contribution is 2.44. The highest BCUT2D eigenvalue weighted by atomic mass is 19.1. The normalized spacial score (nSPS) is 25.2. The molecule has 1 unspecified atom stereocenters. The van der Waals surface area contributed by atoms with Crippen LogP contribution in [0.25, 0.3) is 0 Å². The second-order valence-corrected chi connectivity index (χ2v) is 5.07. The molecule has 0 amide bonds. The maximum Gasteiger partial charge on any atom is 0.128 e. The lowest BCUT2D eigenvalue weighted by atomic mass is 9.79. The van der Waals surface area contributed by atoms with Crippen LogP contribution in [0.1, 0.15) is 43.6 Å². The molecule has 2 heteroatoms. The molecule has 1 aromatic rings. The minimum absolute atomic E-state index is 0.0124. The first-order chi connectivity index (χ1) is 7.86. The number of hydrogen-bond donors (Lipinski definition) is 1. The Kier molecular flexibility index (Phi) is 2.58. The summed E-state index contributed by atoms with van der Waals surface area (Å²) >= 11 is 0. The van der Waals surface area contributed by atoms with Crippen molar-refractivity contribution in [2.75, 3.05) is 11.9 Å². The first-order valence-electron chi connectivity index (χ1n) is 6.38. The van der Waals surface area contributed by atoms with Gasteiger partial charge in [-0.3, -0.25) is 0 Å². The number of nitrogens with one attached hydrogen (secondary N) is 1. The van der Waals surface area contributed by atoms with Gasteiger partial charge in [0.2, 0.25) is 0 Å². The quantitative estimate of drug-likeness (QED) is 0.755. The van der Waals surface area contributed by atoms with Crippen LogP contribution in [-0.2, 0) is 0 Å². The predicted molar refractivity (Wildman–Crippen MR) is 64.2 cm³/mol. The van der Waals surface area contributed by atoms with Gasteiger partial charge < -0.3 is 5.32 Å². The smallest absolute Gasteiger partial charge is 0.128 e. The fraction of sp³-hybridized carbons (Fsp3) is 0.571. The van der Waals surface area contributed by atoms with Crippen LogP contribution in [0, 0.1) is 11.7 Å². The van der Waals surface area contributed by atoms with Crippen molar-refractivity contribution in [2.24, 2.45) is 5.92 Å². The van der Waals surface area contributed by atoms with Crippen LogP contribution in [0.3, 0.4) is 0 Å². The van der Waals surface area contributed by atoms with Crippen molar-refractivity contribution >= 4 is 5.69 Å². The van der Waals surface area contributed by atoms with E-state index < -0.39 is 0 Å². The standard InChI is InChI=1S/C14H18FN/c15-12-6-3-7-13-14(12)11(8-9-16-13)10-4-1-2-5-10/h3,6-7,10-11,16H,1-2,4-5,8-9H2. The van der Waals surface area contributed by atoms with E-state index in [4.69, 9.17) is 0 Å². The highest BCUT2D eigenvalue weighted by molar-refractivity contribution is 5.55. The fourth-order valence-electron chi connectivity index (χ4n) is 3.41. The molecule has 1 N–H and O–H groups in total. The van der Waals surface area contributed by atoms with Gasteiger partial charge in [-0.05, 0) is 43.2 Å². The molecule has 2 aliphatic rings. The Morgan fingerprint density at radius 3 is 2.75 bits per heavy atom. The lowest BCUT2D eigenvalue weighted by Gasteiger charge is -2.31. The van der Waals surface area contributed by atoms with Gasteiger partial charge in [-0.15, -0.1) is 0 Å². The van der Waals surface area contributed by atoms with Crippen molar-refractivity contribution in [3.8, 4) is 0 Å². The zero-order valence-electron chi connectivity index (χ0n) is 9.51. The lowest BCUT2D eigenvalue weighted by Crippen LogP contribution is -2.22. The molecule has 1 saturated carbocycles. The Balaban J connectivity index is 1.98. The molecular formula is C14H18FN. The Bertz CT molecular complexity index is 382. The third-order valence-electron chi connectivity index (χ3n) is 4.16. The van der Waals surface area contributed by atoms with Crippen molar-refractivity contribution in [2.45, 2.75) is 38.0 Å². The number of anilines is 1. The summed E-state index contributed by atoms with van der Waals surface area (Å²) in [6.07, 6.45) is 6.34. The van der Waals surface area contributed by atoms with E-state index >= 15 is 0 Å². The largest absolute Gasteiger partial charge is 0.385 e. The van der Waals surface area contributed by atoms with Gasteiger partial charge in [0, 0.05) is 17.8 Å². The van der Waals surface area contributed by atoms with Crippen LogP contribution in [0.5, 0.6) is 0 Å². The van der Waals surface area contributed by atoms with Crippen molar-refractivity contribution in [3.63, 3.8) is 0 Å². The summed E-state index contributed by atoms with van der Waals surface area (Å²) in [7, 11) is 0. The summed E-state index contributed by atoms with van der Waals surface area (Å²) in [6, 6.07) is 5.42. The van der Waals surface area contributed by atoms with Crippen LogP contribution >= 0.6 is 0 Å². The molecule has 0 bridgehead atoms. The van der Waals surface area contributed by atoms with Crippen molar-refractivity contribution < 1.29 is 4.39 Å². The minimum atomic E-state index is -0.0124. The highest BCUT2D eigenvalue weighted by Gasteiger charge is 2.31. The van der Waals surface area contributed by atoms with Crippen molar-refractivity contribution in [1.82, 2.24) is 0 Å². The number of rotatable bonds is 1. The minimum Gasteiger partial charge on any atom is -0.385 e. The Hall–Kier alpha value is -1.05. The first-order valence-corrected chi connectivity index (χ1v) is 6.38. The number of hydrogen-bond acceptors (Lipinski definition) is 1. The molecule has 1 aliphatic heterocycles. The van der Waals surface area contributed by atoms with Gasteiger partial charge in [-0.25, -0.2) is 4.39 Å². The van der Waals surface area contributed by atoms with Crippen LogP contribution < -0.4 is 5.32 Å². The van der Waals surface area contributed by atoms with Gasteiger partial charge in [0.15, 0.2) is 0 Å². The molecule has 1 fully saturated rings. The van der Waals surface area contributed by atoms with E-state index in [1.807, 2.05) is 6.07 Å². The van der Waals surface area contributed by atoms with Crippen molar-refractivity contribution in [3.05, 3.63) is 29.6 Å². The van der Waals surface area contributed by atoms with Gasteiger partial charge in [0.05, 0.1) is 0 Å². The molecule has 1 heterocycles. The molecular weight excluding hydrogens is 201 g/mol. The van der Waals surface area contributed by atoms with E-state index in [2.05, 4.69) is 5.32 Å². The Morgan fingerprint density at radius 2 is 1.94 bits per heavy atom. The van der Waals surface area contributed by atoms with E-state index in [1.54, 1.807) is 12.1 Å². The van der Waals surface area contributed by atoms with Crippen LogP contribution in [0.2, 0.25) is 0 Å². The predicted octanol–water partition coefficient (Wildman–Crippen LogP) is 3.92. The summed E-state index contributed by atoms with van der Waals surface area (Å²) < 4.78 is 13.9. The second kappa shape index (κ2) is 4.08. The molecule has 16 heavy (non-hydrogen) atoms. The lowest BCUT2D eigenvalue weighted by molar-refractivity contribution is 0.399. The third kappa shape index (κ3) is 1.60. The molecule has 0 saturated heterocycles. The average Bonchev–Trinajstić information content (AvgIpc) is 2.82. The van der Waals surface area contributed by atoms with E-state index in [9.17, 15) is 4.39 Å². The number of benzene rings is 1. The van der Waals surface area contributed by atoms with Gasteiger partial charge in [0.25, 0.3) is 0 Å². The zero-order valence-corrected chi connectivity index (χ0v) is 9.51. The molecule has 1 aromatic carbocycles. The van der Waals surface area contributed by atoms with E-state index in [-0.39, 0.29) is 5.82 Å². The molecule has 1 aliphatic carbocycles. The average molecular weight is 219 g/mol. The monoisotopic (exact) mass is 219 g/mol. The van der Waals surface area contributed by atoms with Gasteiger partial charge in [-0.1, -0.05) is 18.9 Å². The van der Waals surface area contributed by atoms with Gasteiger partial charge >= 0.3 is 0 Å². The summed E-state index contributed by atoms with van der Waals surface area (Å²) in [6.45, 7) is 0.998. The summed E-state index contributed by atoms with van der Waals surface area (Å²) in [5, 5.41) is 3.32. The second-order valence-electron chi connectivity index (χ2n) is 5.07. The van der Waals surface area contributed by atoms with Gasteiger partial charge in [-0.2, -0.15) is 0 Å². The summed E-state index contributed by atoms with van der Waals surface area (Å²) in [5.74, 6) is 1.17. The Labute approximate surface area is 96.1 Å². The summed E-state index contributed by atoms with van der Waals surface area (Å²) in [5.41, 5.74) is 1.99. The SMILES string of the molecule is Fc1cccc2c1C(C1CCCC1)CCN2. The molecule has 1 atom stereocenters. The molecule has 86 valence electrons. The molecule has 0 aromatic heterocycles. The van der Waals surface area contributed by atoms with Crippen LogP contribution in [-0.4, -0.2) is 6.54 Å². The first kappa shape index (κ1) is 10.1. The summed E-state index contributed by atoms with van der Waals surface area (Å²) in [4.78, 5) is 0. The van der Waals surface area contributed by atoms with Crippen LogP contribution in [0.15, 0.2) is 18.2 Å². The fourth-order valence-corrected chi connectivity index (χ4v) is 3.41. The topological polar surface area (TPSA) is 12.0 Å². The molecule has 3 rings (SSSR count). The van der Waals surface area contributed by atoms with E-state index in [0.717, 1.165) is 30.1 Å². The molecule has 0 radical (unpaired) electrons. The van der Waals surface area contributed by atoms with Crippen molar-refractivity contribution in [1.29, 1.82) is 0 Å². The van der Waals surface area contributed by atoms with Gasteiger partial charge in [0.1, 0.15) is 5.82 Å². The zero-order chi connectivity index (χ0) is 11.0. The maximum absolute atomic E-state index is 13.9. The van der Waals surface area contributed by atoms with E-state index in [1.165, 1.54) is 25.7 Å². The Morgan fingerprint density at radius 1 is 1.12 bits per heavy atom. The van der Waals surface area contributed by atoms with E-state index in [0.29, 0.717) is 5.92 Å². The number of halogens is 1. The number of fused-ring (bicyclic) bond motifs is 1. The molecule has 1 nitrogen and oxygen atoms in total. The maximum atomic E-state index is 13.9. The van der Waals surface area contributed by atoms with Crippen LogP contribution in [0.4, 0.5) is 10.1 Å². The molecule has 0 spiro atoms.